The molecule has 0 fully saturated rings. The minimum absolute atomic E-state index is 0.0844. The molecule has 0 aliphatic heterocycles. The van der Waals surface area contributed by atoms with Crippen molar-refractivity contribution in [3.05, 3.63) is 24.3 Å². The number of carbonyl (C=O) groups excluding carboxylic acids is 4. The number of aliphatic hydroxyl groups excluding tert-OH is 1. The first-order valence-corrected chi connectivity index (χ1v) is 46.3. The van der Waals surface area contributed by atoms with E-state index in [9.17, 15) is 43.2 Å². The molecule has 3 unspecified atom stereocenters. The predicted octanol–water partition coefficient (Wildman–Crippen LogP) is 25.4. The van der Waals surface area contributed by atoms with Gasteiger partial charge in [0.25, 0.3) is 0 Å². The molecular weight excluding hydrogens is 1350 g/mol. The number of unbranched alkanes of at least 4 members (excludes halogenated alkanes) is 48. The molecular formula is C85H162O17P2. The summed E-state index contributed by atoms with van der Waals surface area (Å²) in [6.07, 6.45) is 70.3. The van der Waals surface area contributed by atoms with Crippen molar-refractivity contribution in [2.75, 3.05) is 39.6 Å². The Morgan fingerprint density at radius 1 is 0.317 bits per heavy atom. The van der Waals surface area contributed by atoms with Crippen molar-refractivity contribution in [2.45, 2.75) is 445 Å². The molecule has 19 heteroatoms. The molecule has 0 aromatic heterocycles. The molecule has 17 nitrogen and oxygen atoms in total. The summed E-state index contributed by atoms with van der Waals surface area (Å²) in [5, 5.41) is 10.7. The third-order valence-electron chi connectivity index (χ3n) is 19.7. The lowest BCUT2D eigenvalue weighted by Crippen LogP contribution is -2.30. The van der Waals surface area contributed by atoms with E-state index >= 15 is 0 Å². The van der Waals surface area contributed by atoms with Crippen LogP contribution in [0.25, 0.3) is 0 Å². The molecule has 614 valence electrons. The first-order chi connectivity index (χ1) is 50.4. The third-order valence-corrected chi connectivity index (χ3v) is 21.6. The minimum Gasteiger partial charge on any atom is -0.462 e. The summed E-state index contributed by atoms with van der Waals surface area (Å²) < 4.78 is 68.8. The number of ether oxygens (including phenoxy) is 4. The van der Waals surface area contributed by atoms with E-state index in [0.717, 1.165) is 121 Å². The molecule has 0 amide bonds. The van der Waals surface area contributed by atoms with Crippen molar-refractivity contribution in [2.24, 2.45) is 11.8 Å². The average molecular weight is 1520 g/mol. The fourth-order valence-electron chi connectivity index (χ4n) is 12.7. The lowest BCUT2D eigenvalue weighted by atomic mass is 10.00. The van der Waals surface area contributed by atoms with Gasteiger partial charge in [0.15, 0.2) is 12.2 Å². The Morgan fingerprint density at radius 3 is 0.865 bits per heavy atom. The van der Waals surface area contributed by atoms with Gasteiger partial charge < -0.3 is 33.8 Å². The van der Waals surface area contributed by atoms with Crippen LogP contribution in [0.2, 0.25) is 0 Å². The second-order valence-corrected chi connectivity index (χ2v) is 33.5. The van der Waals surface area contributed by atoms with E-state index in [-0.39, 0.29) is 25.7 Å². The highest BCUT2D eigenvalue weighted by atomic mass is 31.2. The Labute approximate surface area is 637 Å². The van der Waals surface area contributed by atoms with Crippen molar-refractivity contribution in [1.82, 2.24) is 0 Å². The van der Waals surface area contributed by atoms with Gasteiger partial charge >= 0.3 is 39.5 Å². The molecule has 0 rings (SSSR count). The summed E-state index contributed by atoms with van der Waals surface area (Å²) >= 11 is 0. The van der Waals surface area contributed by atoms with Gasteiger partial charge in [-0.1, -0.05) is 374 Å². The number of hydrogen-bond donors (Lipinski definition) is 3. The second kappa shape index (κ2) is 75.9. The fraction of sp³-hybridized carbons (Fsp3) is 0.906. The molecule has 0 aromatic rings. The standard InChI is InChI=1S/C85H162O17P2/c1-7-10-12-14-16-18-20-22-24-25-26-27-28-34-38-42-46-50-58-64-69-84(89)101-80(73-95-82(87)67-61-55-48-44-40-36-33-30-29-32-35-39-43-47-53-59-65-77(4)5)75-99-103(91,92)97-71-79(86)72-98-104(93,94)100-76-81(74-96-83(88)68-62-56-52-51-54-60-66-78(6)9-3)102-85(90)70-63-57-49-45-41-37-31-23-21-19-17-15-13-11-8-2/h19,21,23,31,77-81,86H,7-18,20,22,24-30,32-76H2,1-6H3,(H,91,92)(H,93,94)/b21-19-,31-23-/t78?,79-,80-,81-/m1/s1. The molecule has 0 saturated carbocycles. The SMILES string of the molecule is CCCCCC/C=C\C=C/CCCCCCCC(=O)O[C@H](COC(=O)CCCCCCCCC(C)CC)COP(=O)(O)OC[C@H](O)COP(=O)(O)OC[C@@H](COC(=O)CCCCCCCCCCCCCCCCCCC(C)C)OC(=O)CCCCCCCCCCCCCCCCCCCCCC. The molecule has 0 spiro atoms. The summed E-state index contributed by atoms with van der Waals surface area (Å²) in [5.74, 6) is -0.597. The van der Waals surface area contributed by atoms with Crippen molar-refractivity contribution < 1.29 is 80.2 Å². The maximum atomic E-state index is 13.1. The zero-order valence-electron chi connectivity index (χ0n) is 67.8. The number of allylic oxidation sites excluding steroid dienone is 4. The van der Waals surface area contributed by atoms with Gasteiger partial charge in [-0.2, -0.15) is 0 Å². The van der Waals surface area contributed by atoms with Crippen LogP contribution in [0, 0.1) is 11.8 Å². The highest BCUT2D eigenvalue weighted by Crippen LogP contribution is 2.45. The van der Waals surface area contributed by atoms with Gasteiger partial charge in [0.05, 0.1) is 26.4 Å². The number of carbonyl (C=O) groups is 4. The zero-order valence-corrected chi connectivity index (χ0v) is 69.6. The normalized spacial score (nSPS) is 14.2. The average Bonchev–Trinajstić information content (AvgIpc) is 0.905. The molecule has 0 aliphatic rings. The molecule has 0 saturated heterocycles. The van der Waals surface area contributed by atoms with Gasteiger partial charge in [0, 0.05) is 25.7 Å². The number of rotatable bonds is 82. The molecule has 0 bridgehead atoms. The van der Waals surface area contributed by atoms with Crippen LogP contribution < -0.4 is 0 Å². The first kappa shape index (κ1) is 102. The summed E-state index contributed by atoms with van der Waals surface area (Å²) in [5.41, 5.74) is 0. The van der Waals surface area contributed by atoms with Gasteiger partial charge in [-0.05, 0) is 63.2 Å². The smallest absolute Gasteiger partial charge is 0.462 e. The summed E-state index contributed by atoms with van der Waals surface area (Å²) in [6.45, 7) is 9.58. The van der Waals surface area contributed by atoms with Crippen molar-refractivity contribution >= 4 is 39.5 Å². The van der Waals surface area contributed by atoms with Crippen molar-refractivity contribution in [3.63, 3.8) is 0 Å². The van der Waals surface area contributed by atoms with Crippen molar-refractivity contribution in [3.8, 4) is 0 Å². The van der Waals surface area contributed by atoms with Crippen LogP contribution in [-0.4, -0.2) is 96.7 Å². The zero-order chi connectivity index (χ0) is 76.4. The first-order valence-electron chi connectivity index (χ1n) is 43.3. The Bertz CT molecular complexity index is 2090. The summed E-state index contributed by atoms with van der Waals surface area (Å²) in [6, 6.07) is 0. The minimum atomic E-state index is -4.97. The third kappa shape index (κ3) is 76.3. The highest BCUT2D eigenvalue weighted by Gasteiger charge is 2.30. The largest absolute Gasteiger partial charge is 0.472 e. The number of phosphoric ester groups is 2. The van der Waals surface area contributed by atoms with Gasteiger partial charge in [-0.15, -0.1) is 0 Å². The van der Waals surface area contributed by atoms with Crippen LogP contribution in [0.1, 0.15) is 427 Å². The van der Waals surface area contributed by atoms with Crippen LogP contribution in [0.4, 0.5) is 0 Å². The highest BCUT2D eigenvalue weighted by molar-refractivity contribution is 7.47. The molecule has 0 aliphatic carbocycles. The lowest BCUT2D eigenvalue weighted by Gasteiger charge is -2.21. The van der Waals surface area contributed by atoms with Crippen molar-refractivity contribution in [1.29, 1.82) is 0 Å². The molecule has 0 heterocycles. The van der Waals surface area contributed by atoms with E-state index in [1.54, 1.807) is 0 Å². The van der Waals surface area contributed by atoms with E-state index in [4.69, 9.17) is 37.0 Å². The van der Waals surface area contributed by atoms with Gasteiger partial charge in [0.2, 0.25) is 0 Å². The maximum absolute atomic E-state index is 13.1. The van der Waals surface area contributed by atoms with E-state index < -0.39 is 97.5 Å². The summed E-state index contributed by atoms with van der Waals surface area (Å²) in [7, 11) is -9.94. The Morgan fingerprint density at radius 2 is 0.567 bits per heavy atom. The van der Waals surface area contributed by atoms with Gasteiger partial charge in [-0.3, -0.25) is 37.3 Å². The maximum Gasteiger partial charge on any atom is 0.472 e. The molecule has 6 atom stereocenters. The van der Waals surface area contributed by atoms with Crippen LogP contribution in [0.5, 0.6) is 0 Å². The number of hydrogen-bond acceptors (Lipinski definition) is 15. The lowest BCUT2D eigenvalue weighted by molar-refractivity contribution is -0.161. The number of esters is 4. The number of aliphatic hydroxyl groups is 1. The van der Waals surface area contributed by atoms with E-state index in [2.05, 4.69) is 65.8 Å². The van der Waals surface area contributed by atoms with Gasteiger partial charge in [0.1, 0.15) is 19.3 Å². The number of phosphoric acid groups is 2. The molecule has 104 heavy (non-hydrogen) atoms. The molecule has 0 aromatic carbocycles. The van der Waals surface area contributed by atoms with Crippen LogP contribution in [0.3, 0.4) is 0 Å². The van der Waals surface area contributed by atoms with E-state index in [1.165, 1.54) is 225 Å². The van der Waals surface area contributed by atoms with E-state index in [0.29, 0.717) is 25.7 Å². The Balaban J connectivity index is 5.26. The fourth-order valence-corrected chi connectivity index (χ4v) is 14.3. The van der Waals surface area contributed by atoms with Crippen LogP contribution >= 0.6 is 15.6 Å². The Kier molecular flexibility index (Phi) is 74.1. The van der Waals surface area contributed by atoms with Crippen LogP contribution in [-0.2, 0) is 65.4 Å². The predicted molar refractivity (Wildman–Crippen MR) is 427 cm³/mol. The van der Waals surface area contributed by atoms with E-state index in [1.807, 2.05) is 0 Å². The van der Waals surface area contributed by atoms with Crippen LogP contribution in [0.15, 0.2) is 24.3 Å². The summed E-state index contributed by atoms with van der Waals surface area (Å²) in [4.78, 5) is 73.1. The molecule has 0 radical (unpaired) electrons. The quantitative estimate of drug-likeness (QED) is 0.0169. The van der Waals surface area contributed by atoms with Gasteiger partial charge in [-0.25, -0.2) is 9.13 Å². The molecule has 3 N–H and O–H groups in total. The second-order valence-electron chi connectivity index (χ2n) is 30.6. The topological polar surface area (TPSA) is 237 Å². The Hall–Kier alpha value is -2.46. The monoisotopic (exact) mass is 1520 g/mol.